The van der Waals surface area contributed by atoms with Crippen LogP contribution in [0.5, 0.6) is 5.75 Å². The van der Waals surface area contributed by atoms with E-state index in [1.165, 1.54) is 18.9 Å². The molecule has 2 rings (SSSR count). The highest BCUT2D eigenvalue weighted by Gasteiger charge is 2.25. The maximum absolute atomic E-state index is 13.8. The van der Waals surface area contributed by atoms with Crippen molar-refractivity contribution in [1.82, 2.24) is 0 Å². The summed E-state index contributed by atoms with van der Waals surface area (Å²) < 4.78 is 19.5. The fraction of sp³-hybridized carbons (Fsp3) is 0.600. The molecule has 0 aliphatic heterocycles. The van der Waals surface area contributed by atoms with E-state index in [2.05, 4.69) is 20.8 Å². The molecule has 1 aliphatic rings. The van der Waals surface area contributed by atoms with Crippen molar-refractivity contribution in [2.75, 3.05) is 6.61 Å². The largest absolute Gasteiger partial charge is 0.492 e. The Morgan fingerprint density at radius 1 is 1.39 bits per heavy atom. The molecule has 1 aromatic carbocycles. The summed E-state index contributed by atoms with van der Waals surface area (Å²) in [5.41, 5.74) is 0.876. The lowest BCUT2D eigenvalue weighted by Crippen LogP contribution is -2.16. The van der Waals surface area contributed by atoms with E-state index in [9.17, 15) is 4.39 Å². The van der Waals surface area contributed by atoms with E-state index in [4.69, 9.17) is 16.3 Å². The summed E-state index contributed by atoms with van der Waals surface area (Å²) in [6.07, 6.45) is 3.36. The highest BCUT2D eigenvalue weighted by molar-refractivity contribution is 6.32. The molecule has 18 heavy (non-hydrogen) atoms. The molecule has 1 nitrogen and oxygen atoms in total. The zero-order valence-electron chi connectivity index (χ0n) is 11.2. The molecule has 0 aromatic heterocycles. The third-order valence-corrected chi connectivity index (χ3v) is 4.20. The van der Waals surface area contributed by atoms with Crippen LogP contribution < -0.4 is 4.74 Å². The van der Waals surface area contributed by atoms with E-state index in [-0.39, 0.29) is 16.3 Å². The zero-order chi connectivity index (χ0) is 13.3. The molecule has 0 saturated heterocycles. The van der Waals surface area contributed by atoms with Gasteiger partial charge in [0.15, 0.2) is 0 Å². The topological polar surface area (TPSA) is 9.23 Å². The van der Waals surface area contributed by atoms with E-state index in [1.807, 2.05) is 6.07 Å². The van der Waals surface area contributed by atoms with Crippen LogP contribution in [0.15, 0.2) is 12.1 Å². The first-order valence-electron chi connectivity index (χ1n) is 6.56. The third-order valence-electron chi connectivity index (χ3n) is 3.83. The summed E-state index contributed by atoms with van der Waals surface area (Å²) in [5.74, 6) is 0.730. The van der Waals surface area contributed by atoms with E-state index < -0.39 is 0 Å². The first-order chi connectivity index (χ1) is 8.44. The lowest BCUT2D eigenvalue weighted by atomic mass is 9.82. The highest BCUT2D eigenvalue weighted by Crippen LogP contribution is 2.37. The second-order valence-corrected chi connectivity index (χ2v) is 6.14. The molecule has 0 bridgehead atoms. The summed E-state index contributed by atoms with van der Waals surface area (Å²) >= 11 is 5.96. The second-order valence-electron chi connectivity index (χ2n) is 5.76. The van der Waals surface area contributed by atoms with Gasteiger partial charge < -0.3 is 4.74 Å². The van der Waals surface area contributed by atoms with Crippen molar-refractivity contribution in [2.24, 2.45) is 5.92 Å². The van der Waals surface area contributed by atoms with Gasteiger partial charge in [0.2, 0.25) is 0 Å². The molecule has 100 valence electrons. The maximum atomic E-state index is 13.8. The van der Waals surface area contributed by atoms with Crippen LogP contribution in [0.25, 0.3) is 0 Å². The van der Waals surface area contributed by atoms with Crippen molar-refractivity contribution >= 4 is 11.6 Å². The molecule has 1 aromatic rings. The van der Waals surface area contributed by atoms with Crippen LogP contribution >= 0.6 is 11.6 Å². The van der Waals surface area contributed by atoms with Gasteiger partial charge in [-0.05, 0) is 48.3 Å². The van der Waals surface area contributed by atoms with Crippen molar-refractivity contribution < 1.29 is 9.13 Å². The first-order valence-corrected chi connectivity index (χ1v) is 6.94. The normalized spacial score (nSPS) is 15.8. The maximum Gasteiger partial charge on any atom is 0.145 e. The highest BCUT2D eigenvalue weighted by atomic mass is 35.5. The van der Waals surface area contributed by atoms with Gasteiger partial charge in [-0.15, -0.1) is 0 Å². The fourth-order valence-corrected chi connectivity index (χ4v) is 1.92. The molecule has 3 heteroatoms. The van der Waals surface area contributed by atoms with E-state index in [0.717, 1.165) is 12.0 Å². The Bertz CT molecular complexity index is 438. The smallest absolute Gasteiger partial charge is 0.145 e. The SMILES string of the molecule is CCC(C)(C)c1cc(F)c(Cl)c(OCC2CC2)c1. The quantitative estimate of drug-likeness (QED) is 0.735. The van der Waals surface area contributed by atoms with E-state index >= 15 is 0 Å². The minimum Gasteiger partial charge on any atom is -0.492 e. The number of hydrogen-bond acceptors (Lipinski definition) is 1. The summed E-state index contributed by atoms with van der Waals surface area (Å²) in [5, 5.41) is 0.103. The van der Waals surface area contributed by atoms with Crippen LogP contribution in [-0.4, -0.2) is 6.61 Å². The average Bonchev–Trinajstić information content (AvgIpc) is 3.14. The van der Waals surface area contributed by atoms with E-state index in [0.29, 0.717) is 18.3 Å². The lowest BCUT2D eigenvalue weighted by Gasteiger charge is -2.24. The Hall–Kier alpha value is -0.760. The summed E-state index contributed by atoms with van der Waals surface area (Å²) in [6, 6.07) is 3.41. The lowest BCUT2D eigenvalue weighted by molar-refractivity contribution is 0.297. The van der Waals surface area contributed by atoms with Crippen molar-refractivity contribution in [3.8, 4) is 5.75 Å². The number of benzene rings is 1. The Labute approximate surface area is 113 Å². The molecule has 1 aliphatic carbocycles. The van der Waals surface area contributed by atoms with Crippen LogP contribution in [-0.2, 0) is 5.41 Å². The first kappa shape index (κ1) is 13.7. The molecule has 0 N–H and O–H groups in total. The Morgan fingerprint density at radius 2 is 2.06 bits per heavy atom. The number of ether oxygens (including phenoxy) is 1. The van der Waals surface area contributed by atoms with Crippen molar-refractivity contribution in [2.45, 2.75) is 45.4 Å². The molecule has 0 unspecified atom stereocenters. The van der Waals surface area contributed by atoms with Gasteiger partial charge in [-0.2, -0.15) is 0 Å². The fourth-order valence-electron chi connectivity index (χ4n) is 1.76. The molecule has 0 amide bonds. The Balaban J connectivity index is 2.26. The standard InChI is InChI=1S/C15H20ClFO/c1-4-15(2,3)11-7-12(17)14(16)13(8-11)18-9-10-5-6-10/h7-8,10H,4-6,9H2,1-3H3. The van der Waals surface area contributed by atoms with Crippen molar-refractivity contribution in [3.63, 3.8) is 0 Å². The predicted molar refractivity (Wildman–Crippen MR) is 72.9 cm³/mol. The van der Waals surface area contributed by atoms with Gasteiger partial charge in [0.25, 0.3) is 0 Å². The summed E-state index contributed by atoms with van der Waals surface area (Å²) in [7, 11) is 0. The Morgan fingerprint density at radius 3 is 2.61 bits per heavy atom. The molecular weight excluding hydrogens is 251 g/mol. The van der Waals surface area contributed by atoms with Gasteiger partial charge in [0.05, 0.1) is 6.61 Å². The molecule has 0 heterocycles. The van der Waals surface area contributed by atoms with Crippen molar-refractivity contribution in [3.05, 3.63) is 28.5 Å². The van der Waals surface area contributed by atoms with Crippen LogP contribution in [0.4, 0.5) is 4.39 Å². The molecule has 0 radical (unpaired) electrons. The van der Waals surface area contributed by atoms with Gasteiger partial charge in [-0.3, -0.25) is 0 Å². The molecule has 1 fully saturated rings. The Kier molecular flexibility index (Phi) is 3.86. The van der Waals surface area contributed by atoms with Gasteiger partial charge >= 0.3 is 0 Å². The van der Waals surface area contributed by atoms with Gasteiger partial charge in [-0.25, -0.2) is 4.39 Å². The minimum absolute atomic E-state index is 0.0663. The number of halogens is 2. The minimum atomic E-state index is -0.388. The zero-order valence-corrected chi connectivity index (χ0v) is 12.0. The van der Waals surface area contributed by atoms with Crippen LogP contribution in [0.3, 0.4) is 0 Å². The van der Waals surface area contributed by atoms with Gasteiger partial charge in [0.1, 0.15) is 16.6 Å². The molecular formula is C15H20ClFO. The van der Waals surface area contributed by atoms with E-state index in [1.54, 1.807) is 0 Å². The number of rotatable bonds is 5. The molecule has 0 spiro atoms. The van der Waals surface area contributed by atoms with Crippen molar-refractivity contribution in [1.29, 1.82) is 0 Å². The van der Waals surface area contributed by atoms with Crippen LogP contribution in [0.2, 0.25) is 5.02 Å². The van der Waals surface area contributed by atoms with Gasteiger partial charge in [0, 0.05) is 0 Å². The molecule has 1 saturated carbocycles. The summed E-state index contributed by atoms with van der Waals surface area (Å²) in [4.78, 5) is 0. The average molecular weight is 271 g/mol. The van der Waals surface area contributed by atoms with Crippen LogP contribution in [0, 0.1) is 11.7 Å². The number of hydrogen-bond donors (Lipinski definition) is 0. The van der Waals surface area contributed by atoms with Gasteiger partial charge in [-0.1, -0.05) is 32.4 Å². The summed E-state index contributed by atoms with van der Waals surface area (Å²) in [6.45, 7) is 6.94. The second kappa shape index (κ2) is 5.08. The third kappa shape index (κ3) is 2.97. The van der Waals surface area contributed by atoms with Crippen LogP contribution in [0.1, 0.15) is 45.6 Å². The predicted octanol–water partition coefficient (Wildman–Crippen LogP) is 4.96. The molecule has 0 atom stereocenters. The monoisotopic (exact) mass is 270 g/mol.